The molecule has 0 heterocycles. The van der Waals surface area contributed by atoms with E-state index in [1.165, 1.54) is 12.8 Å². The fourth-order valence-electron chi connectivity index (χ4n) is 5.13. The van der Waals surface area contributed by atoms with E-state index in [0.29, 0.717) is 35.5 Å². The van der Waals surface area contributed by atoms with E-state index in [-0.39, 0.29) is 32.0 Å². The van der Waals surface area contributed by atoms with Crippen LogP contribution in [-0.2, 0) is 18.9 Å². The van der Waals surface area contributed by atoms with Crippen molar-refractivity contribution in [2.75, 3.05) is 19.8 Å². The number of aliphatic hydroxyl groups is 2. The van der Waals surface area contributed by atoms with Crippen LogP contribution in [-0.4, -0.2) is 60.7 Å². The molecule has 2 saturated carbocycles. The van der Waals surface area contributed by atoms with E-state index in [0.717, 1.165) is 25.7 Å². The van der Waals surface area contributed by atoms with E-state index in [2.05, 4.69) is 41.5 Å². The standard InChI is InChI=1S/C14H26O4.C13H24O4/c1-9(2)12-6-5-10(3)7-13(12)18-14(16)17-8-11(4)15;1-9(2)11-5-4-10(3)8-12(11)17-13(15)16-7-6-14/h9-13,15H,5-8H2,1-4H3;9-12,14H,4-8H2,1-3H3/t10-,11?,12+,13-;10-,11+,12-/m11/s1. The minimum atomic E-state index is -0.652. The average molecular weight is 503 g/mol. The second kappa shape index (κ2) is 16.3. The molecule has 2 rings (SSSR count). The van der Waals surface area contributed by atoms with Crippen molar-refractivity contribution in [2.24, 2.45) is 35.5 Å². The van der Waals surface area contributed by atoms with Gasteiger partial charge in [0.05, 0.1) is 12.7 Å². The highest BCUT2D eigenvalue weighted by Gasteiger charge is 2.34. The lowest BCUT2D eigenvalue weighted by atomic mass is 9.75. The van der Waals surface area contributed by atoms with Gasteiger partial charge in [-0.05, 0) is 68.1 Å². The molecular formula is C27H50O8. The predicted molar refractivity (Wildman–Crippen MR) is 134 cm³/mol. The topological polar surface area (TPSA) is 112 Å². The van der Waals surface area contributed by atoms with Crippen molar-refractivity contribution in [3.63, 3.8) is 0 Å². The van der Waals surface area contributed by atoms with Crippen molar-refractivity contribution >= 4 is 12.3 Å². The summed E-state index contributed by atoms with van der Waals surface area (Å²) in [6.07, 6.45) is 4.40. The number of hydrogen-bond donors (Lipinski definition) is 2. The Morgan fingerprint density at radius 1 is 0.771 bits per heavy atom. The van der Waals surface area contributed by atoms with Gasteiger partial charge in [0, 0.05) is 0 Å². The van der Waals surface area contributed by atoms with Gasteiger partial charge in [0.2, 0.25) is 0 Å². The van der Waals surface area contributed by atoms with Gasteiger partial charge < -0.3 is 29.2 Å². The molecule has 8 heteroatoms. The zero-order chi connectivity index (χ0) is 26.5. The third-order valence-electron chi connectivity index (χ3n) is 7.17. The van der Waals surface area contributed by atoms with Gasteiger partial charge in [-0.25, -0.2) is 9.59 Å². The Balaban J connectivity index is 0.000000351. The van der Waals surface area contributed by atoms with Gasteiger partial charge >= 0.3 is 12.3 Å². The number of rotatable bonds is 8. The SMILES string of the molecule is CC(C)[C@@H]1CC[C@@H](C)C[C@H]1OC(=O)OCCO.CC(O)COC(=O)O[C@@H]1C[C@H](C)CC[C@H]1C(C)C. The molecule has 1 unspecified atom stereocenters. The molecular weight excluding hydrogens is 452 g/mol. The molecule has 0 aromatic rings. The van der Waals surface area contributed by atoms with E-state index >= 15 is 0 Å². The van der Waals surface area contributed by atoms with Crippen molar-refractivity contribution in [3.05, 3.63) is 0 Å². The van der Waals surface area contributed by atoms with Gasteiger partial charge in [0.15, 0.2) is 0 Å². The lowest BCUT2D eigenvalue weighted by Crippen LogP contribution is -2.36. The van der Waals surface area contributed by atoms with Gasteiger partial charge in [-0.15, -0.1) is 0 Å². The molecule has 2 aliphatic rings. The molecule has 206 valence electrons. The maximum atomic E-state index is 11.5. The van der Waals surface area contributed by atoms with Gasteiger partial charge in [-0.2, -0.15) is 0 Å². The summed E-state index contributed by atoms with van der Waals surface area (Å²) < 4.78 is 20.4. The summed E-state index contributed by atoms with van der Waals surface area (Å²) in [7, 11) is 0. The van der Waals surface area contributed by atoms with E-state index in [9.17, 15) is 9.59 Å². The molecule has 0 radical (unpaired) electrons. The third kappa shape index (κ3) is 12.3. The molecule has 0 spiro atoms. The Labute approximate surface area is 212 Å². The molecule has 0 amide bonds. The minimum Gasteiger partial charge on any atom is -0.432 e. The second-order valence-electron chi connectivity index (χ2n) is 11.2. The Morgan fingerprint density at radius 2 is 1.20 bits per heavy atom. The Bertz CT molecular complexity index is 606. The first-order chi connectivity index (χ1) is 16.4. The number of aliphatic hydroxyl groups excluding tert-OH is 2. The lowest BCUT2D eigenvalue weighted by Gasteiger charge is -2.36. The van der Waals surface area contributed by atoms with E-state index in [4.69, 9.17) is 29.2 Å². The van der Waals surface area contributed by atoms with Crippen LogP contribution >= 0.6 is 0 Å². The van der Waals surface area contributed by atoms with Gasteiger partial charge in [0.1, 0.15) is 25.4 Å². The zero-order valence-corrected chi connectivity index (χ0v) is 22.9. The maximum absolute atomic E-state index is 11.5. The van der Waals surface area contributed by atoms with Crippen LogP contribution in [0.3, 0.4) is 0 Å². The van der Waals surface area contributed by atoms with E-state index < -0.39 is 18.4 Å². The van der Waals surface area contributed by atoms with Crippen molar-refractivity contribution in [1.82, 2.24) is 0 Å². The summed E-state index contributed by atoms with van der Waals surface area (Å²) >= 11 is 0. The fourth-order valence-corrected chi connectivity index (χ4v) is 5.13. The molecule has 8 nitrogen and oxygen atoms in total. The van der Waals surface area contributed by atoms with Gasteiger partial charge in [-0.3, -0.25) is 0 Å². The fraction of sp³-hybridized carbons (Fsp3) is 0.926. The highest BCUT2D eigenvalue weighted by atomic mass is 16.7. The molecule has 2 N–H and O–H groups in total. The highest BCUT2D eigenvalue weighted by Crippen LogP contribution is 2.36. The van der Waals surface area contributed by atoms with Gasteiger partial charge in [-0.1, -0.05) is 54.4 Å². The summed E-state index contributed by atoms with van der Waals surface area (Å²) in [5.74, 6) is 3.05. The van der Waals surface area contributed by atoms with Crippen LogP contribution in [0.25, 0.3) is 0 Å². The summed E-state index contributed by atoms with van der Waals surface area (Å²) in [6.45, 7) is 14.4. The number of ether oxygens (including phenoxy) is 4. The molecule has 0 bridgehead atoms. The molecule has 7 atom stereocenters. The molecule has 0 saturated heterocycles. The summed E-state index contributed by atoms with van der Waals surface area (Å²) in [5, 5.41) is 17.6. The average Bonchev–Trinajstić information content (AvgIpc) is 2.76. The summed E-state index contributed by atoms with van der Waals surface area (Å²) in [6, 6.07) is 0. The van der Waals surface area contributed by atoms with Crippen molar-refractivity contribution in [2.45, 2.75) is 105 Å². The molecule has 0 aromatic heterocycles. The first kappa shape index (κ1) is 31.5. The second-order valence-corrected chi connectivity index (χ2v) is 11.2. The van der Waals surface area contributed by atoms with E-state index in [1.54, 1.807) is 6.92 Å². The molecule has 0 aliphatic heterocycles. The Morgan fingerprint density at radius 3 is 1.57 bits per heavy atom. The zero-order valence-electron chi connectivity index (χ0n) is 22.9. The largest absolute Gasteiger partial charge is 0.508 e. The lowest BCUT2D eigenvalue weighted by molar-refractivity contribution is -0.0412. The smallest absolute Gasteiger partial charge is 0.432 e. The monoisotopic (exact) mass is 502 g/mol. The number of hydrogen-bond acceptors (Lipinski definition) is 8. The summed E-state index contributed by atoms with van der Waals surface area (Å²) in [4.78, 5) is 22.9. The summed E-state index contributed by atoms with van der Waals surface area (Å²) in [5.41, 5.74) is 0. The van der Waals surface area contributed by atoms with Crippen molar-refractivity contribution in [3.8, 4) is 0 Å². The third-order valence-corrected chi connectivity index (χ3v) is 7.17. The quantitative estimate of drug-likeness (QED) is 0.414. The van der Waals surface area contributed by atoms with E-state index in [1.807, 2.05) is 0 Å². The van der Waals surface area contributed by atoms with Crippen LogP contribution in [0.15, 0.2) is 0 Å². The first-order valence-electron chi connectivity index (χ1n) is 13.4. The van der Waals surface area contributed by atoms with Crippen LogP contribution in [0.1, 0.15) is 87.0 Å². The molecule has 35 heavy (non-hydrogen) atoms. The van der Waals surface area contributed by atoms with Crippen LogP contribution in [0, 0.1) is 35.5 Å². The molecule has 0 aromatic carbocycles. The van der Waals surface area contributed by atoms with Crippen LogP contribution in [0.2, 0.25) is 0 Å². The Kier molecular flexibility index (Phi) is 14.6. The highest BCUT2D eigenvalue weighted by molar-refractivity contribution is 5.60. The molecule has 2 aliphatic carbocycles. The van der Waals surface area contributed by atoms with Crippen LogP contribution < -0.4 is 0 Å². The number of carbonyl (C=O) groups excluding carboxylic acids is 2. The normalized spacial score (nSPS) is 29.6. The van der Waals surface area contributed by atoms with Crippen molar-refractivity contribution in [1.29, 1.82) is 0 Å². The predicted octanol–water partition coefficient (Wildman–Crippen LogP) is 5.57. The maximum Gasteiger partial charge on any atom is 0.508 e. The van der Waals surface area contributed by atoms with Gasteiger partial charge in [0.25, 0.3) is 0 Å². The van der Waals surface area contributed by atoms with Crippen LogP contribution in [0.5, 0.6) is 0 Å². The molecule has 2 fully saturated rings. The van der Waals surface area contributed by atoms with Crippen LogP contribution in [0.4, 0.5) is 9.59 Å². The first-order valence-corrected chi connectivity index (χ1v) is 13.4. The number of carbonyl (C=O) groups is 2. The Hall–Kier alpha value is -1.54. The van der Waals surface area contributed by atoms with Crippen molar-refractivity contribution < 1.29 is 38.7 Å². The minimum absolute atomic E-state index is 0.00650.